The molecule has 0 spiro atoms. The van der Waals surface area contributed by atoms with Gasteiger partial charge >= 0.3 is 13.3 Å². The van der Waals surface area contributed by atoms with Crippen molar-refractivity contribution in [1.82, 2.24) is 5.32 Å². The van der Waals surface area contributed by atoms with Gasteiger partial charge in [0.15, 0.2) is 0 Å². The Labute approximate surface area is 70.0 Å². The molecule has 7 heteroatoms. The molecule has 0 aromatic rings. The van der Waals surface area contributed by atoms with Crippen molar-refractivity contribution < 1.29 is 25.0 Å². The van der Waals surface area contributed by atoms with Crippen molar-refractivity contribution in [3.8, 4) is 0 Å². The molecule has 12 heavy (non-hydrogen) atoms. The van der Waals surface area contributed by atoms with Crippen LogP contribution in [0, 0.1) is 0 Å². The number of hydrogen-bond donors (Lipinski definition) is 5. The molecular weight excluding hydrogens is 165 g/mol. The number of carboxylic acids is 1. The lowest BCUT2D eigenvalue weighted by molar-refractivity contribution is -0.139. The predicted octanol–water partition coefficient (Wildman–Crippen LogP) is -2.23. The predicted molar refractivity (Wildman–Crippen MR) is 41.1 cm³/mol. The summed E-state index contributed by atoms with van der Waals surface area (Å²) >= 11 is 0. The second kappa shape index (κ2) is 5.95. The third-order valence-corrected chi connectivity index (χ3v) is 1.36. The zero-order valence-corrected chi connectivity index (χ0v) is 6.47. The van der Waals surface area contributed by atoms with Crippen molar-refractivity contribution in [2.24, 2.45) is 0 Å². The number of nitrogens with one attached hydrogen (secondary N) is 1. The van der Waals surface area contributed by atoms with Crippen LogP contribution in [0.4, 0.5) is 0 Å². The Bertz CT molecular complexity index is 133. The number of rotatable bonds is 1. The van der Waals surface area contributed by atoms with Crippen molar-refractivity contribution in [3.05, 3.63) is 0 Å². The Morgan fingerprint density at radius 1 is 1.42 bits per heavy atom. The first kappa shape index (κ1) is 11.4. The highest BCUT2D eigenvalue weighted by Gasteiger charge is 2.20. The van der Waals surface area contributed by atoms with Gasteiger partial charge in [0.1, 0.15) is 6.04 Å². The second-order valence-corrected chi connectivity index (χ2v) is 2.33. The fraction of sp³-hybridized carbons (Fsp3) is 0.800. The van der Waals surface area contributed by atoms with Crippen molar-refractivity contribution in [1.29, 1.82) is 0 Å². The molecule has 70 valence electrons. The highest BCUT2D eigenvalue weighted by Crippen LogP contribution is 2.03. The van der Waals surface area contributed by atoms with Crippen LogP contribution in [-0.2, 0) is 4.79 Å². The Balaban J connectivity index is 0.000000261. The standard InChI is InChI=1S/C5H9NO2.BH3O3/c7-5(8)4-2-1-3-6-4;2-1(3)4/h4,6H,1-3H2,(H,7,8);2-4H. The van der Waals surface area contributed by atoms with E-state index >= 15 is 0 Å². The van der Waals surface area contributed by atoms with Gasteiger partial charge in [-0.25, -0.2) is 0 Å². The van der Waals surface area contributed by atoms with Crippen LogP contribution in [-0.4, -0.2) is 46.1 Å². The van der Waals surface area contributed by atoms with Gasteiger partial charge in [0.05, 0.1) is 0 Å². The summed E-state index contributed by atoms with van der Waals surface area (Å²) in [6, 6.07) is -0.269. The van der Waals surface area contributed by atoms with E-state index in [1.807, 2.05) is 0 Å². The fourth-order valence-corrected chi connectivity index (χ4v) is 0.895. The van der Waals surface area contributed by atoms with Gasteiger partial charge in [-0.05, 0) is 19.4 Å². The van der Waals surface area contributed by atoms with Gasteiger partial charge < -0.3 is 25.5 Å². The van der Waals surface area contributed by atoms with E-state index in [4.69, 9.17) is 20.2 Å². The topological polar surface area (TPSA) is 110 Å². The van der Waals surface area contributed by atoms with Crippen LogP contribution < -0.4 is 5.32 Å². The maximum absolute atomic E-state index is 10.1. The molecule has 0 aliphatic carbocycles. The van der Waals surface area contributed by atoms with Gasteiger partial charge in [-0.3, -0.25) is 4.79 Å². The zero-order valence-electron chi connectivity index (χ0n) is 6.47. The molecule has 6 nitrogen and oxygen atoms in total. The fourth-order valence-electron chi connectivity index (χ4n) is 0.895. The summed E-state index contributed by atoms with van der Waals surface area (Å²) in [4.78, 5) is 10.1. The Kier molecular flexibility index (Phi) is 5.64. The minimum atomic E-state index is -2.17. The largest absolute Gasteiger partial charge is 0.631 e. The minimum absolute atomic E-state index is 0.269. The van der Waals surface area contributed by atoms with Crippen LogP contribution in [0.1, 0.15) is 12.8 Å². The van der Waals surface area contributed by atoms with E-state index in [0.717, 1.165) is 19.4 Å². The quantitative estimate of drug-likeness (QED) is 0.290. The van der Waals surface area contributed by atoms with Gasteiger partial charge in [0, 0.05) is 0 Å². The van der Waals surface area contributed by atoms with Crippen LogP contribution in [0.3, 0.4) is 0 Å². The molecule has 0 amide bonds. The Morgan fingerprint density at radius 2 is 1.92 bits per heavy atom. The number of carboxylic acid groups (broad SMARTS) is 1. The van der Waals surface area contributed by atoms with Crippen LogP contribution in [0.5, 0.6) is 0 Å². The van der Waals surface area contributed by atoms with E-state index in [0.29, 0.717) is 0 Å². The molecule has 1 aliphatic heterocycles. The number of aliphatic carboxylic acids is 1. The van der Waals surface area contributed by atoms with Crippen molar-refractivity contribution in [2.75, 3.05) is 6.54 Å². The smallest absolute Gasteiger partial charge is 0.480 e. The maximum atomic E-state index is 10.1. The van der Waals surface area contributed by atoms with E-state index < -0.39 is 13.3 Å². The van der Waals surface area contributed by atoms with Gasteiger partial charge in [0.2, 0.25) is 0 Å². The molecule has 1 heterocycles. The summed E-state index contributed by atoms with van der Waals surface area (Å²) in [5.41, 5.74) is 0. The van der Waals surface area contributed by atoms with Gasteiger partial charge in [-0.1, -0.05) is 0 Å². The molecular formula is C5H12BNO5. The summed E-state index contributed by atoms with van der Waals surface area (Å²) in [5, 5.41) is 32.7. The lowest BCUT2D eigenvalue weighted by atomic mass is 10.2. The summed E-state index contributed by atoms with van der Waals surface area (Å²) in [5.74, 6) is -0.720. The molecule has 1 aliphatic rings. The Hall–Kier alpha value is -0.625. The molecule has 0 saturated carbocycles. The lowest BCUT2D eigenvalue weighted by Crippen LogP contribution is -2.29. The van der Waals surface area contributed by atoms with Gasteiger partial charge in [0.25, 0.3) is 0 Å². The third kappa shape index (κ3) is 6.11. The summed E-state index contributed by atoms with van der Waals surface area (Å²) in [6.45, 7) is 0.858. The first-order valence-corrected chi connectivity index (χ1v) is 3.54. The molecule has 0 aromatic heterocycles. The highest BCUT2D eigenvalue weighted by atomic mass is 16.5. The normalized spacial score (nSPS) is 21.1. The average Bonchev–Trinajstić information content (AvgIpc) is 2.34. The molecule has 1 saturated heterocycles. The SMILES string of the molecule is O=C(O)C1CCCN1.OB(O)O. The van der Waals surface area contributed by atoms with E-state index in [-0.39, 0.29) is 6.04 Å². The van der Waals surface area contributed by atoms with Crippen molar-refractivity contribution >= 4 is 13.3 Å². The molecule has 1 unspecified atom stereocenters. The van der Waals surface area contributed by atoms with Crippen LogP contribution in [0.2, 0.25) is 0 Å². The zero-order chi connectivity index (χ0) is 9.56. The average molecular weight is 177 g/mol. The van der Waals surface area contributed by atoms with Crippen LogP contribution >= 0.6 is 0 Å². The van der Waals surface area contributed by atoms with E-state index in [1.165, 1.54) is 0 Å². The molecule has 5 N–H and O–H groups in total. The van der Waals surface area contributed by atoms with Crippen LogP contribution in [0.15, 0.2) is 0 Å². The number of hydrogen-bond acceptors (Lipinski definition) is 5. The molecule has 1 fully saturated rings. The third-order valence-electron chi connectivity index (χ3n) is 1.36. The second-order valence-electron chi connectivity index (χ2n) is 2.33. The molecule has 0 bridgehead atoms. The van der Waals surface area contributed by atoms with E-state index in [9.17, 15) is 4.79 Å². The molecule has 1 atom stereocenters. The maximum Gasteiger partial charge on any atom is 0.631 e. The molecule has 1 rings (SSSR count). The van der Waals surface area contributed by atoms with Crippen molar-refractivity contribution in [3.63, 3.8) is 0 Å². The number of carbonyl (C=O) groups is 1. The Morgan fingerprint density at radius 3 is 2.08 bits per heavy atom. The summed E-state index contributed by atoms with van der Waals surface area (Å²) in [7, 11) is -2.17. The highest BCUT2D eigenvalue weighted by molar-refractivity contribution is 6.30. The summed E-state index contributed by atoms with van der Waals surface area (Å²) in [6.07, 6.45) is 1.78. The minimum Gasteiger partial charge on any atom is -0.480 e. The van der Waals surface area contributed by atoms with Crippen molar-refractivity contribution in [2.45, 2.75) is 18.9 Å². The first-order chi connectivity index (χ1) is 5.54. The monoisotopic (exact) mass is 177 g/mol. The lowest BCUT2D eigenvalue weighted by Gasteiger charge is -1.99. The first-order valence-electron chi connectivity index (χ1n) is 3.54. The van der Waals surface area contributed by atoms with E-state index in [2.05, 4.69) is 5.32 Å². The molecule has 0 radical (unpaired) electrons. The van der Waals surface area contributed by atoms with E-state index in [1.54, 1.807) is 0 Å². The van der Waals surface area contributed by atoms with Crippen LogP contribution in [0.25, 0.3) is 0 Å². The summed E-state index contributed by atoms with van der Waals surface area (Å²) < 4.78 is 0. The van der Waals surface area contributed by atoms with Gasteiger partial charge in [-0.2, -0.15) is 0 Å². The van der Waals surface area contributed by atoms with Gasteiger partial charge in [-0.15, -0.1) is 0 Å². The molecule has 0 aromatic carbocycles.